The van der Waals surface area contributed by atoms with Crippen molar-refractivity contribution in [2.45, 2.75) is 6.92 Å². The molecule has 0 saturated heterocycles. The first-order valence-electron chi connectivity index (χ1n) is 2.06. The fraction of sp³-hybridized carbons (Fsp3) is 0.250. The van der Waals surface area contributed by atoms with Crippen molar-refractivity contribution in [3.05, 3.63) is 22.3 Å². The molecular formula is C4H5NO4. The third kappa shape index (κ3) is 3.22. The number of carbonyl (C=O) groups is 1. The Hall–Kier alpha value is -1.39. The second kappa shape index (κ2) is 2.81. The highest BCUT2D eigenvalue weighted by Crippen LogP contribution is 1.90. The van der Waals surface area contributed by atoms with Crippen LogP contribution in [0.15, 0.2) is 12.2 Å². The van der Waals surface area contributed by atoms with Gasteiger partial charge in [0.2, 0.25) is 0 Å². The number of hydrogen-bond donors (Lipinski definition) is 0. The highest BCUT2D eigenvalue weighted by molar-refractivity contribution is 5.86. The zero-order valence-electron chi connectivity index (χ0n) is 4.79. The Morgan fingerprint density at radius 3 is 2.33 bits per heavy atom. The smallest absolute Gasteiger partial charge is 0.263 e. The van der Waals surface area contributed by atoms with E-state index in [9.17, 15) is 14.9 Å². The molecule has 0 saturated carbocycles. The van der Waals surface area contributed by atoms with Gasteiger partial charge in [-0.05, 0) is 6.92 Å². The fourth-order valence-corrected chi connectivity index (χ4v) is 0.146. The van der Waals surface area contributed by atoms with Crippen LogP contribution in [0.4, 0.5) is 0 Å². The predicted octanol–water partition coefficient (Wildman–Crippen LogP) is 0.297. The quantitative estimate of drug-likeness (QED) is 0.307. The fourth-order valence-electron chi connectivity index (χ4n) is 0.146. The van der Waals surface area contributed by atoms with Gasteiger partial charge in [0.1, 0.15) is 0 Å². The van der Waals surface area contributed by atoms with E-state index >= 15 is 0 Å². The van der Waals surface area contributed by atoms with Crippen LogP contribution in [0.5, 0.6) is 0 Å². The molecule has 0 radical (unpaired) electrons. The van der Waals surface area contributed by atoms with Crippen LogP contribution in [-0.4, -0.2) is 11.1 Å². The van der Waals surface area contributed by atoms with Crippen LogP contribution < -0.4 is 0 Å². The van der Waals surface area contributed by atoms with Crippen molar-refractivity contribution < 1.29 is 14.7 Å². The molecule has 0 N–H and O–H groups in total. The van der Waals surface area contributed by atoms with E-state index in [1.165, 1.54) is 6.92 Å². The monoisotopic (exact) mass is 131 g/mol. The SMILES string of the molecule is C=C(C)C(=O)O[N+](=O)[O-]. The van der Waals surface area contributed by atoms with Gasteiger partial charge in [-0.25, -0.2) is 4.84 Å². The minimum atomic E-state index is -1.17. The summed E-state index contributed by atoms with van der Waals surface area (Å²) in [6.45, 7) is 4.45. The van der Waals surface area contributed by atoms with Gasteiger partial charge in [0.15, 0.2) is 0 Å². The molecule has 0 fully saturated rings. The molecule has 0 heterocycles. The molecule has 0 unspecified atom stereocenters. The van der Waals surface area contributed by atoms with Crippen LogP contribution in [0.2, 0.25) is 0 Å². The van der Waals surface area contributed by atoms with E-state index in [1.807, 2.05) is 0 Å². The number of nitrogens with zero attached hydrogens (tertiary/aromatic N) is 1. The summed E-state index contributed by atoms with van der Waals surface area (Å²) < 4.78 is 0. The first-order chi connectivity index (χ1) is 4.04. The summed E-state index contributed by atoms with van der Waals surface area (Å²) in [4.78, 5) is 23.1. The van der Waals surface area contributed by atoms with Crippen LogP contribution in [0.25, 0.3) is 0 Å². The van der Waals surface area contributed by atoms with Crippen LogP contribution in [0.3, 0.4) is 0 Å². The van der Waals surface area contributed by atoms with Crippen molar-refractivity contribution in [2.24, 2.45) is 0 Å². The molecule has 0 aliphatic heterocycles. The average Bonchev–Trinajstić information content (AvgIpc) is 1.63. The Morgan fingerprint density at radius 2 is 2.22 bits per heavy atom. The molecule has 50 valence electrons. The Kier molecular flexibility index (Phi) is 2.37. The van der Waals surface area contributed by atoms with Gasteiger partial charge in [-0.15, -0.1) is 10.1 Å². The molecule has 0 aliphatic carbocycles. The number of carbonyl (C=O) groups excluding carboxylic acids is 1. The van der Waals surface area contributed by atoms with Crippen molar-refractivity contribution in [1.82, 2.24) is 0 Å². The van der Waals surface area contributed by atoms with Gasteiger partial charge < -0.3 is 0 Å². The lowest BCUT2D eigenvalue weighted by Crippen LogP contribution is -2.09. The maximum absolute atomic E-state index is 10.2. The van der Waals surface area contributed by atoms with Crippen molar-refractivity contribution in [2.75, 3.05) is 0 Å². The maximum Gasteiger partial charge on any atom is 0.329 e. The number of hydrogen-bond acceptors (Lipinski definition) is 4. The summed E-state index contributed by atoms with van der Waals surface area (Å²) in [5.41, 5.74) is 0.00620. The van der Waals surface area contributed by atoms with Crippen LogP contribution in [0, 0.1) is 10.1 Å². The second-order valence-electron chi connectivity index (χ2n) is 1.38. The number of rotatable bonds is 2. The average molecular weight is 131 g/mol. The Morgan fingerprint density at radius 1 is 1.78 bits per heavy atom. The normalized spacial score (nSPS) is 8.11. The molecule has 0 aromatic rings. The van der Waals surface area contributed by atoms with Gasteiger partial charge in [0.05, 0.1) is 0 Å². The molecular weight excluding hydrogens is 126 g/mol. The molecule has 5 heteroatoms. The van der Waals surface area contributed by atoms with Crippen LogP contribution >= 0.6 is 0 Å². The topological polar surface area (TPSA) is 69.4 Å². The Bertz CT molecular complexity index is 162. The first kappa shape index (κ1) is 7.61. The van der Waals surface area contributed by atoms with Crippen molar-refractivity contribution >= 4 is 5.97 Å². The van der Waals surface area contributed by atoms with Crippen LogP contribution in [-0.2, 0) is 9.63 Å². The van der Waals surface area contributed by atoms with E-state index in [4.69, 9.17) is 0 Å². The zero-order chi connectivity index (χ0) is 7.44. The van der Waals surface area contributed by atoms with E-state index in [2.05, 4.69) is 11.4 Å². The van der Waals surface area contributed by atoms with E-state index in [0.29, 0.717) is 0 Å². The van der Waals surface area contributed by atoms with Gasteiger partial charge in [-0.1, -0.05) is 6.58 Å². The first-order valence-corrected chi connectivity index (χ1v) is 2.06. The van der Waals surface area contributed by atoms with E-state index in [-0.39, 0.29) is 5.57 Å². The molecule has 0 bridgehead atoms. The molecule has 0 spiro atoms. The van der Waals surface area contributed by atoms with E-state index in [1.54, 1.807) is 0 Å². The minimum Gasteiger partial charge on any atom is -0.263 e. The highest BCUT2D eigenvalue weighted by atomic mass is 17.0. The summed E-state index contributed by atoms with van der Waals surface area (Å²) in [5, 5.41) is 8.27. The van der Waals surface area contributed by atoms with E-state index < -0.39 is 11.1 Å². The van der Waals surface area contributed by atoms with Gasteiger partial charge in [0.25, 0.3) is 0 Å². The molecule has 0 aliphatic rings. The lowest BCUT2D eigenvalue weighted by atomic mass is 10.4. The molecule has 0 aromatic heterocycles. The summed E-state index contributed by atoms with van der Waals surface area (Å²) in [7, 11) is 0. The lowest BCUT2D eigenvalue weighted by molar-refractivity contribution is -0.728. The zero-order valence-corrected chi connectivity index (χ0v) is 4.79. The molecule has 0 amide bonds. The second-order valence-corrected chi connectivity index (χ2v) is 1.38. The summed E-state index contributed by atoms with van der Waals surface area (Å²) in [6, 6.07) is 0. The van der Waals surface area contributed by atoms with Gasteiger partial charge >= 0.3 is 11.1 Å². The molecule has 5 nitrogen and oxygen atoms in total. The Balaban J connectivity index is 3.79. The molecule has 0 atom stereocenters. The van der Waals surface area contributed by atoms with Crippen molar-refractivity contribution in [3.8, 4) is 0 Å². The van der Waals surface area contributed by atoms with Gasteiger partial charge in [0, 0.05) is 5.57 Å². The predicted molar refractivity (Wildman–Crippen MR) is 27.9 cm³/mol. The van der Waals surface area contributed by atoms with Crippen LogP contribution in [0.1, 0.15) is 6.92 Å². The third-order valence-corrected chi connectivity index (χ3v) is 0.506. The molecule has 0 aromatic carbocycles. The lowest BCUT2D eigenvalue weighted by Gasteiger charge is -1.91. The largest absolute Gasteiger partial charge is 0.329 e. The minimum absolute atomic E-state index is 0.00620. The summed E-state index contributed by atoms with van der Waals surface area (Å²) in [6.07, 6.45) is 0. The summed E-state index contributed by atoms with van der Waals surface area (Å²) in [5.74, 6) is -1.01. The highest BCUT2D eigenvalue weighted by Gasteiger charge is 2.05. The standard InChI is InChI=1S/C4H5NO4/c1-3(2)4(6)9-5(7)8/h1H2,2H3. The molecule has 9 heavy (non-hydrogen) atoms. The third-order valence-electron chi connectivity index (χ3n) is 0.506. The summed E-state index contributed by atoms with van der Waals surface area (Å²) >= 11 is 0. The van der Waals surface area contributed by atoms with Crippen molar-refractivity contribution in [3.63, 3.8) is 0 Å². The van der Waals surface area contributed by atoms with E-state index in [0.717, 1.165) is 0 Å². The Labute approximate surface area is 51.0 Å². The maximum atomic E-state index is 10.2. The van der Waals surface area contributed by atoms with Gasteiger partial charge in [-0.2, -0.15) is 0 Å². The van der Waals surface area contributed by atoms with Crippen molar-refractivity contribution in [1.29, 1.82) is 0 Å². The van der Waals surface area contributed by atoms with Gasteiger partial charge in [-0.3, -0.25) is 4.79 Å². The molecule has 0 rings (SSSR count).